The SMILES string of the molecule is O=c1cc(CN(c2cccc(Cl)c2)c2ccncn2)c2ccc(F)c(F)c2[nH]1. The van der Waals surface area contributed by atoms with Crippen LogP contribution in [0.2, 0.25) is 5.02 Å². The van der Waals surface area contributed by atoms with E-state index in [1.54, 1.807) is 30.5 Å². The lowest BCUT2D eigenvalue weighted by molar-refractivity contribution is 0.515. The smallest absolute Gasteiger partial charge is 0.248 e. The topological polar surface area (TPSA) is 61.9 Å². The van der Waals surface area contributed by atoms with Crippen LogP contribution in [0.15, 0.2) is 65.8 Å². The largest absolute Gasteiger partial charge is 0.322 e. The Morgan fingerprint density at radius 2 is 1.96 bits per heavy atom. The Hall–Kier alpha value is -3.32. The van der Waals surface area contributed by atoms with E-state index in [1.165, 1.54) is 18.5 Å². The molecule has 0 saturated carbocycles. The first-order valence-corrected chi connectivity index (χ1v) is 8.70. The number of rotatable bonds is 4. The molecule has 0 aliphatic heterocycles. The van der Waals surface area contributed by atoms with Gasteiger partial charge < -0.3 is 9.88 Å². The molecular weight excluding hydrogens is 386 g/mol. The number of nitrogens with zero attached hydrogens (tertiary/aromatic N) is 3. The highest BCUT2D eigenvalue weighted by Crippen LogP contribution is 2.29. The summed E-state index contributed by atoms with van der Waals surface area (Å²) in [5.41, 5.74) is 0.537. The molecule has 5 nitrogen and oxygen atoms in total. The summed E-state index contributed by atoms with van der Waals surface area (Å²) in [4.78, 5) is 24.4. The van der Waals surface area contributed by atoms with Crippen LogP contribution in [0.4, 0.5) is 20.3 Å². The molecule has 2 heterocycles. The van der Waals surface area contributed by atoms with Gasteiger partial charge >= 0.3 is 0 Å². The number of fused-ring (bicyclic) bond motifs is 1. The number of H-pyrrole nitrogens is 1. The maximum atomic E-state index is 14.2. The lowest BCUT2D eigenvalue weighted by Gasteiger charge is -2.24. The molecule has 2 aromatic heterocycles. The predicted octanol–water partition coefficient (Wildman–Crippen LogP) is 4.59. The van der Waals surface area contributed by atoms with Crippen molar-refractivity contribution in [2.75, 3.05) is 4.90 Å². The number of anilines is 2. The van der Waals surface area contributed by atoms with Gasteiger partial charge in [0.25, 0.3) is 0 Å². The van der Waals surface area contributed by atoms with Crippen LogP contribution in [0, 0.1) is 11.6 Å². The van der Waals surface area contributed by atoms with Gasteiger partial charge in [-0.15, -0.1) is 0 Å². The minimum absolute atomic E-state index is 0.170. The van der Waals surface area contributed by atoms with Gasteiger partial charge in [-0.2, -0.15) is 0 Å². The molecule has 4 rings (SSSR count). The number of hydrogen-bond donors (Lipinski definition) is 1. The van der Waals surface area contributed by atoms with Gasteiger partial charge in [-0.3, -0.25) is 4.79 Å². The minimum Gasteiger partial charge on any atom is -0.322 e. The van der Waals surface area contributed by atoms with Crippen LogP contribution >= 0.6 is 11.6 Å². The van der Waals surface area contributed by atoms with E-state index in [2.05, 4.69) is 15.0 Å². The number of aromatic amines is 1. The van der Waals surface area contributed by atoms with E-state index in [0.29, 0.717) is 21.8 Å². The van der Waals surface area contributed by atoms with Crippen molar-refractivity contribution in [3.63, 3.8) is 0 Å². The molecule has 1 N–H and O–H groups in total. The Morgan fingerprint density at radius 3 is 2.71 bits per heavy atom. The molecule has 28 heavy (non-hydrogen) atoms. The van der Waals surface area contributed by atoms with Gasteiger partial charge in [0.15, 0.2) is 11.6 Å². The number of benzene rings is 2. The first kappa shape index (κ1) is 18.1. The lowest BCUT2D eigenvalue weighted by Crippen LogP contribution is -2.20. The van der Waals surface area contributed by atoms with Gasteiger partial charge in [-0.05, 0) is 42.0 Å². The zero-order valence-corrected chi connectivity index (χ0v) is 15.1. The monoisotopic (exact) mass is 398 g/mol. The summed E-state index contributed by atoms with van der Waals surface area (Å²) in [5, 5.41) is 0.931. The second kappa shape index (κ2) is 7.36. The van der Waals surface area contributed by atoms with E-state index in [1.807, 2.05) is 11.0 Å². The summed E-state index contributed by atoms with van der Waals surface area (Å²) < 4.78 is 27.8. The predicted molar refractivity (Wildman–Crippen MR) is 104 cm³/mol. The quantitative estimate of drug-likeness (QED) is 0.546. The van der Waals surface area contributed by atoms with E-state index in [4.69, 9.17) is 11.6 Å². The molecule has 2 aromatic carbocycles. The molecule has 140 valence electrons. The number of pyridine rings is 1. The molecular formula is C20H13ClF2N4O. The van der Waals surface area contributed by atoms with E-state index >= 15 is 0 Å². The van der Waals surface area contributed by atoms with Crippen molar-refractivity contribution >= 4 is 34.0 Å². The molecule has 0 aliphatic rings. The highest BCUT2D eigenvalue weighted by Gasteiger charge is 2.17. The molecule has 0 amide bonds. The Kier molecular flexibility index (Phi) is 4.75. The van der Waals surface area contributed by atoms with Crippen molar-refractivity contribution in [1.82, 2.24) is 15.0 Å². The third-order valence-electron chi connectivity index (χ3n) is 4.29. The number of nitrogens with one attached hydrogen (secondary N) is 1. The number of aromatic nitrogens is 3. The Labute approximate surface area is 163 Å². The summed E-state index contributed by atoms with van der Waals surface area (Å²) in [7, 11) is 0. The molecule has 0 aliphatic carbocycles. The van der Waals surface area contributed by atoms with Crippen molar-refractivity contribution in [2.24, 2.45) is 0 Å². The summed E-state index contributed by atoms with van der Waals surface area (Å²) in [6.07, 6.45) is 2.99. The Bertz CT molecular complexity index is 1210. The van der Waals surface area contributed by atoms with Crippen LogP contribution in [-0.2, 0) is 6.54 Å². The summed E-state index contributed by atoms with van der Waals surface area (Å²) in [6, 6.07) is 12.7. The van der Waals surface area contributed by atoms with Gasteiger partial charge in [0.05, 0.1) is 12.1 Å². The van der Waals surface area contributed by atoms with Gasteiger partial charge in [0.2, 0.25) is 5.56 Å². The van der Waals surface area contributed by atoms with E-state index < -0.39 is 17.2 Å². The summed E-state index contributed by atoms with van der Waals surface area (Å²) >= 11 is 6.13. The summed E-state index contributed by atoms with van der Waals surface area (Å²) in [5.74, 6) is -1.55. The maximum absolute atomic E-state index is 14.2. The molecule has 0 radical (unpaired) electrons. The van der Waals surface area contributed by atoms with Crippen molar-refractivity contribution in [2.45, 2.75) is 6.54 Å². The maximum Gasteiger partial charge on any atom is 0.248 e. The third kappa shape index (κ3) is 3.44. The fourth-order valence-electron chi connectivity index (χ4n) is 3.03. The molecule has 0 fully saturated rings. The van der Waals surface area contributed by atoms with Crippen molar-refractivity contribution in [3.8, 4) is 0 Å². The van der Waals surface area contributed by atoms with Gasteiger partial charge in [0.1, 0.15) is 12.1 Å². The molecule has 4 aromatic rings. The molecule has 0 atom stereocenters. The standard InChI is InChI=1S/C20H13ClF2N4O/c21-13-2-1-3-14(9-13)27(17-6-7-24-11-25-17)10-12-8-18(28)26-20-15(12)4-5-16(22)19(20)23/h1-9,11H,10H2,(H,26,28). The number of hydrogen-bond acceptors (Lipinski definition) is 4. The first-order valence-electron chi connectivity index (χ1n) is 8.32. The third-order valence-corrected chi connectivity index (χ3v) is 4.52. The Morgan fingerprint density at radius 1 is 1.11 bits per heavy atom. The average molecular weight is 399 g/mol. The van der Waals surface area contributed by atoms with Crippen LogP contribution in [0.5, 0.6) is 0 Å². The molecule has 0 bridgehead atoms. The first-order chi connectivity index (χ1) is 13.5. The van der Waals surface area contributed by atoms with Gasteiger partial charge in [-0.1, -0.05) is 17.7 Å². The molecule has 0 unspecified atom stereocenters. The zero-order valence-electron chi connectivity index (χ0n) is 14.4. The normalized spacial score (nSPS) is 11.0. The molecule has 8 heteroatoms. The highest BCUT2D eigenvalue weighted by molar-refractivity contribution is 6.30. The second-order valence-electron chi connectivity index (χ2n) is 6.08. The van der Waals surface area contributed by atoms with Crippen LogP contribution in [0.1, 0.15) is 5.56 Å². The average Bonchev–Trinajstić information content (AvgIpc) is 2.70. The minimum atomic E-state index is -1.09. The van der Waals surface area contributed by atoms with Crippen molar-refractivity contribution in [3.05, 3.63) is 93.6 Å². The van der Waals surface area contributed by atoms with Crippen molar-refractivity contribution < 1.29 is 8.78 Å². The molecule has 0 saturated heterocycles. The Balaban J connectivity index is 1.88. The zero-order chi connectivity index (χ0) is 19.7. The van der Waals surface area contributed by atoms with E-state index in [9.17, 15) is 13.6 Å². The number of halogens is 3. The lowest BCUT2D eigenvalue weighted by atomic mass is 10.1. The van der Waals surface area contributed by atoms with Crippen LogP contribution in [-0.4, -0.2) is 15.0 Å². The van der Waals surface area contributed by atoms with Crippen LogP contribution < -0.4 is 10.5 Å². The fraction of sp³-hybridized carbons (Fsp3) is 0.0500. The highest BCUT2D eigenvalue weighted by atomic mass is 35.5. The summed E-state index contributed by atoms with van der Waals surface area (Å²) in [6.45, 7) is 0.183. The van der Waals surface area contributed by atoms with E-state index in [0.717, 1.165) is 11.8 Å². The van der Waals surface area contributed by atoms with Crippen LogP contribution in [0.3, 0.4) is 0 Å². The van der Waals surface area contributed by atoms with Crippen molar-refractivity contribution in [1.29, 1.82) is 0 Å². The van der Waals surface area contributed by atoms with Gasteiger partial charge in [0, 0.05) is 28.4 Å². The van der Waals surface area contributed by atoms with E-state index in [-0.39, 0.29) is 12.1 Å². The molecule has 0 spiro atoms. The fourth-order valence-corrected chi connectivity index (χ4v) is 3.21. The van der Waals surface area contributed by atoms with Gasteiger partial charge in [-0.25, -0.2) is 18.7 Å². The second-order valence-corrected chi connectivity index (χ2v) is 6.51. The van der Waals surface area contributed by atoms with Crippen LogP contribution in [0.25, 0.3) is 10.9 Å².